The van der Waals surface area contributed by atoms with Crippen LogP contribution in [0.15, 0.2) is 24.3 Å². The number of hydrogen-bond donors (Lipinski definition) is 1. The second-order valence-corrected chi connectivity index (χ2v) is 5.66. The Morgan fingerprint density at radius 1 is 1.17 bits per heavy atom. The maximum atomic E-state index is 6.09. The molecule has 1 nitrogen and oxygen atoms in total. The molecule has 0 saturated carbocycles. The van der Waals surface area contributed by atoms with Gasteiger partial charge < -0.3 is 4.74 Å². The van der Waals surface area contributed by atoms with Gasteiger partial charge in [-0.05, 0) is 36.1 Å². The molecule has 0 aromatic heterocycles. The Hall–Kier alpha value is -0.630. The van der Waals surface area contributed by atoms with Gasteiger partial charge in [0, 0.05) is 5.41 Å². The molecule has 1 aromatic carbocycles. The fraction of sp³-hybridized carbons (Fsp3) is 0.625. The van der Waals surface area contributed by atoms with Crippen LogP contribution in [0.25, 0.3) is 0 Å². The van der Waals surface area contributed by atoms with E-state index in [0.717, 1.165) is 31.0 Å². The summed E-state index contributed by atoms with van der Waals surface area (Å²) in [4.78, 5) is 0. The first kappa shape index (κ1) is 15.4. The first-order valence-corrected chi connectivity index (χ1v) is 7.54. The minimum atomic E-state index is 0.202. The predicted octanol–water partition coefficient (Wildman–Crippen LogP) is 4.93. The minimum absolute atomic E-state index is 0.202. The Labute approximate surface area is 117 Å². The Bertz CT molecular complexity index is 348. The van der Waals surface area contributed by atoms with Crippen LogP contribution in [0.3, 0.4) is 0 Å². The van der Waals surface area contributed by atoms with Crippen LogP contribution in [0.2, 0.25) is 0 Å². The van der Waals surface area contributed by atoms with Gasteiger partial charge in [-0.15, -0.1) is 0 Å². The molecule has 0 heterocycles. The van der Waals surface area contributed by atoms with E-state index in [1.807, 2.05) is 6.07 Å². The Morgan fingerprint density at radius 2 is 1.78 bits per heavy atom. The zero-order chi connectivity index (χ0) is 13.6. The van der Waals surface area contributed by atoms with E-state index in [4.69, 9.17) is 4.74 Å². The van der Waals surface area contributed by atoms with Crippen molar-refractivity contribution in [3.63, 3.8) is 0 Å². The average Bonchev–Trinajstić information content (AvgIpc) is 2.41. The highest BCUT2D eigenvalue weighted by atomic mass is 32.1. The van der Waals surface area contributed by atoms with Gasteiger partial charge in [0.15, 0.2) is 0 Å². The van der Waals surface area contributed by atoms with Crippen LogP contribution in [0.1, 0.15) is 52.0 Å². The van der Waals surface area contributed by atoms with Gasteiger partial charge in [-0.25, -0.2) is 0 Å². The molecule has 1 aromatic rings. The van der Waals surface area contributed by atoms with Crippen LogP contribution >= 0.6 is 12.6 Å². The molecular weight excluding hydrogens is 240 g/mol. The second kappa shape index (κ2) is 7.08. The molecule has 102 valence electrons. The minimum Gasteiger partial charge on any atom is -0.493 e. The lowest BCUT2D eigenvalue weighted by Gasteiger charge is -2.30. The zero-order valence-corrected chi connectivity index (χ0v) is 13.0. The van der Waals surface area contributed by atoms with Gasteiger partial charge in [-0.2, -0.15) is 12.6 Å². The number of rotatable bonds is 7. The number of thiol groups is 1. The Morgan fingerprint density at radius 3 is 2.28 bits per heavy atom. The summed E-state index contributed by atoms with van der Waals surface area (Å²) in [7, 11) is 0. The normalized spacial score (nSPS) is 11.9. The molecule has 1 rings (SSSR count). The predicted molar refractivity (Wildman–Crippen MR) is 82.9 cm³/mol. The van der Waals surface area contributed by atoms with Gasteiger partial charge in [0.2, 0.25) is 0 Å². The molecular formula is C16H26OS. The lowest BCUT2D eigenvalue weighted by atomic mass is 9.85. The van der Waals surface area contributed by atoms with Gasteiger partial charge in [0.25, 0.3) is 0 Å². The molecule has 0 unspecified atom stereocenters. The molecule has 2 heteroatoms. The SMILES string of the molecule is CCC(CC)(CS)COc1ccccc1C(C)C. The molecule has 0 amide bonds. The number of para-hydroxylation sites is 1. The molecule has 0 aliphatic rings. The molecule has 0 radical (unpaired) electrons. The maximum absolute atomic E-state index is 6.09. The van der Waals surface area contributed by atoms with Gasteiger partial charge in [-0.1, -0.05) is 45.9 Å². The van der Waals surface area contributed by atoms with Crippen molar-refractivity contribution in [1.29, 1.82) is 0 Å². The van der Waals surface area contributed by atoms with Gasteiger partial charge in [0.1, 0.15) is 5.75 Å². The summed E-state index contributed by atoms with van der Waals surface area (Å²) in [5.41, 5.74) is 1.49. The molecule has 0 spiro atoms. The van der Waals surface area contributed by atoms with Crippen molar-refractivity contribution in [3.8, 4) is 5.75 Å². The van der Waals surface area contributed by atoms with Crippen LogP contribution in [-0.4, -0.2) is 12.4 Å². The summed E-state index contributed by atoms with van der Waals surface area (Å²) in [6.07, 6.45) is 2.22. The Balaban J connectivity index is 2.79. The molecule has 0 N–H and O–H groups in total. The van der Waals surface area contributed by atoms with E-state index in [-0.39, 0.29) is 5.41 Å². The summed E-state index contributed by atoms with van der Waals surface area (Å²) in [6.45, 7) is 9.60. The molecule has 0 bridgehead atoms. The highest BCUT2D eigenvalue weighted by Crippen LogP contribution is 2.31. The highest BCUT2D eigenvalue weighted by molar-refractivity contribution is 7.80. The second-order valence-electron chi connectivity index (χ2n) is 5.35. The topological polar surface area (TPSA) is 9.23 Å². The molecule has 0 saturated heterocycles. The van der Waals surface area contributed by atoms with Crippen molar-refractivity contribution >= 4 is 12.6 Å². The van der Waals surface area contributed by atoms with E-state index in [1.54, 1.807) is 0 Å². The molecule has 0 atom stereocenters. The van der Waals surface area contributed by atoms with Crippen molar-refractivity contribution in [2.75, 3.05) is 12.4 Å². The van der Waals surface area contributed by atoms with Gasteiger partial charge >= 0.3 is 0 Å². The third kappa shape index (κ3) is 3.68. The van der Waals surface area contributed by atoms with E-state index < -0.39 is 0 Å². The first-order valence-electron chi connectivity index (χ1n) is 6.91. The molecule has 0 aliphatic carbocycles. The standard InChI is InChI=1S/C16H26OS/c1-5-16(6-2,12-18)11-17-15-10-8-7-9-14(15)13(3)4/h7-10,13,18H,5-6,11-12H2,1-4H3. The number of ether oxygens (including phenoxy) is 1. The van der Waals surface area contributed by atoms with Crippen molar-refractivity contribution < 1.29 is 4.74 Å². The van der Waals surface area contributed by atoms with E-state index in [2.05, 4.69) is 58.5 Å². The van der Waals surface area contributed by atoms with Crippen LogP contribution in [-0.2, 0) is 0 Å². The first-order chi connectivity index (χ1) is 8.58. The van der Waals surface area contributed by atoms with E-state index in [0.29, 0.717) is 5.92 Å². The van der Waals surface area contributed by atoms with Crippen LogP contribution in [0.4, 0.5) is 0 Å². The fourth-order valence-corrected chi connectivity index (χ4v) is 2.58. The largest absolute Gasteiger partial charge is 0.493 e. The smallest absolute Gasteiger partial charge is 0.122 e. The van der Waals surface area contributed by atoms with Crippen molar-refractivity contribution in [1.82, 2.24) is 0 Å². The fourth-order valence-electron chi connectivity index (χ4n) is 2.04. The summed E-state index contributed by atoms with van der Waals surface area (Å²) >= 11 is 4.49. The zero-order valence-electron chi connectivity index (χ0n) is 12.1. The lowest BCUT2D eigenvalue weighted by molar-refractivity contribution is 0.155. The monoisotopic (exact) mass is 266 g/mol. The average molecular weight is 266 g/mol. The third-order valence-corrected chi connectivity index (χ3v) is 4.58. The highest BCUT2D eigenvalue weighted by Gasteiger charge is 2.25. The van der Waals surface area contributed by atoms with E-state index >= 15 is 0 Å². The molecule has 0 fully saturated rings. The molecule has 18 heavy (non-hydrogen) atoms. The van der Waals surface area contributed by atoms with Gasteiger partial charge in [-0.3, -0.25) is 0 Å². The summed E-state index contributed by atoms with van der Waals surface area (Å²) in [5.74, 6) is 2.40. The van der Waals surface area contributed by atoms with Crippen LogP contribution in [0.5, 0.6) is 5.75 Å². The summed E-state index contributed by atoms with van der Waals surface area (Å²) in [6, 6.07) is 8.35. The number of hydrogen-bond acceptors (Lipinski definition) is 2. The maximum Gasteiger partial charge on any atom is 0.122 e. The number of benzene rings is 1. The molecule has 0 aliphatic heterocycles. The summed E-state index contributed by atoms with van der Waals surface area (Å²) in [5, 5.41) is 0. The van der Waals surface area contributed by atoms with Crippen molar-refractivity contribution in [3.05, 3.63) is 29.8 Å². The van der Waals surface area contributed by atoms with Crippen LogP contribution < -0.4 is 4.74 Å². The van der Waals surface area contributed by atoms with Gasteiger partial charge in [0.05, 0.1) is 6.61 Å². The van der Waals surface area contributed by atoms with Crippen molar-refractivity contribution in [2.24, 2.45) is 5.41 Å². The lowest BCUT2D eigenvalue weighted by Crippen LogP contribution is -2.29. The van der Waals surface area contributed by atoms with E-state index in [1.165, 1.54) is 5.56 Å². The van der Waals surface area contributed by atoms with Crippen molar-refractivity contribution in [2.45, 2.75) is 46.5 Å². The summed E-state index contributed by atoms with van der Waals surface area (Å²) < 4.78 is 6.09. The third-order valence-electron chi connectivity index (χ3n) is 3.91. The van der Waals surface area contributed by atoms with Crippen LogP contribution in [0, 0.1) is 5.41 Å². The Kier molecular flexibility index (Phi) is 6.07. The van der Waals surface area contributed by atoms with E-state index in [9.17, 15) is 0 Å². The quantitative estimate of drug-likeness (QED) is 0.689.